The number of halogens is 2. The minimum absolute atomic E-state index is 0.0129. The van der Waals surface area contributed by atoms with E-state index in [1.54, 1.807) is 18.2 Å². The van der Waals surface area contributed by atoms with E-state index in [4.69, 9.17) is 11.6 Å². The smallest absolute Gasteiger partial charge is 0.211 e. The molecule has 1 aromatic carbocycles. The fraction of sp³-hybridized carbons (Fsp3) is 0.500. The van der Waals surface area contributed by atoms with Crippen LogP contribution in [0, 0.1) is 5.92 Å². The van der Waals surface area contributed by atoms with Gasteiger partial charge in [0.15, 0.2) is 5.78 Å². The maximum atomic E-state index is 12.4. The molecule has 1 unspecified atom stereocenters. The molecule has 0 N–H and O–H groups in total. The van der Waals surface area contributed by atoms with Crippen LogP contribution in [0.2, 0.25) is 5.02 Å². The van der Waals surface area contributed by atoms with Crippen LogP contribution in [0.5, 0.6) is 0 Å². The third-order valence-corrected chi connectivity index (χ3v) is 5.82. The van der Waals surface area contributed by atoms with Gasteiger partial charge < -0.3 is 0 Å². The molecule has 0 radical (unpaired) electrons. The predicted octanol–water partition coefficient (Wildman–Crippen LogP) is 3.35. The van der Waals surface area contributed by atoms with Crippen LogP contribution in [0.15, 0.2) is 22.7 Å². The van der Waals surface area contributed by atoms with Gasteiger partial charge >= 0.3 is 0 Å². The average molecular weight is 395 g/mol. The number of hydrogen-bond donors (Lipinski definition) is 0. The number of rotatable bonds is 4. The Bertz CT molecular complexity index is 648. The van der Waals surface area contributed by atoms with Crippen LogP contribution in [0.3, 0.4) is 0 Å². The van der Waals surface area contributed by atoms with E-state index >= 15 is 0 Å². The summed E-state index contributed by atoms with van der Waals surface area (Å²) >= 11 is 9.21. The molecule has 0 bridgehead atoms. The number of carbonyl (C=O) groups excluding carboxylic acids is 1. The third kappa shape index (κ3) is 4.52. The highest BCUT2D eigenvalue weighted by Gasteiger charge is 2.27. The lowest BCUT2D eigenvalue weighted by molar-refractivity contribution is 0.0941. The number of sulfonamides is 1. The molecule has 2 rings (SSSR count). The van der Waals surface area contributed by atoms with Gasteiger partial charge in [-0.05, 0) is 52.9 Å². The van der Waals surface area contributed by atoms with Crippen molar-refractivity contribution in [2.45, 2.75) is 19.3 Å². The molecular formula is C14H17BrClNO3S. The highest BCUT2D eigenvalue weighted by atomic mass is 79.9. The number of ketones is 1. The number of piperidine rings is 1. The van der Waals surface area contributed by atoms with Gasteiger partial charge in [-0.2, -0.15) is 0 Å². The minimum atomic E-state index is -3.18. The molecule has 1 aromatic rings. The Kier molecular flexibility index (Phi) is 5.46. The first-order chi connectivity index (χ1) is 9.77. The van der Waals surface area contributed by atoms with Crippen molar-refractivity contribution in [1.82, 2.24) is 4.31 Å². The van der Waals surface area contributed by atoms with E-state index in [9.17, 15) is 13.2 Å². The maximum Gasteiger partial charge on any atom is 0.211 e. The van der Waals surface area contributed by atoms with Crippen LogP contribution in [0.4, 0.5) is 0 Å². The second-order valence-corrected chi connectivity index (χ2v) is 8.65. The van der Waals surface area contributed by atoms with Crippen LogP contribution >= 0.6 is 27.5 Å². The van der Waals surface area contributed by atoms with Crippen molar-refractivity contribution in [1.29, 1.82) is 0 Å². The van der Waals surface area contributed by atoms with Crippen LogP contribution in [-0.2, 0) is 10.0 Å². The Balaban J connectivity index is 2.05. The van der Waals surface area contributed by atoms with E-state index in [1.165, 1.54) is 10.6 Å². The van der Waals surface area contributed by atoms with Gasteiger partial charge in [0.1, 0.15) is 0 Å². The van der Waals surface area contributed by atoms with Crippen LogP contribution in [0.25, 0.3) is 0 Å². The highest BCUT2D eigenvalue weighted by molar-refractivity contribution is 9.10. The van der Waals surface area contributed by atoms with Gasteiger partial charge in [0.05, 0.1) is 6.26 Å². The van der Waals surface area contributed by atoms with Crippen molar-refractivity contribution in [3.05, 3.63) is 33.3 Å². The molecule has 0 aromatic heterocycles. The molecule has 1 heterocycles. The summed E-state index contributed by atoms with van der Waals surface area (Å²) in [5.74, 6) is 0.0856. The van der Waals surface area contributed by atoms with Gasteiger partial charge in [-0.1, -0.05) is 11.6 Å². The van der Waals surface area contributed by atoms with Gasteiger partial charge in [-0.3, -0.25) is 4.79 Å². The zero-order valence-corrected chi connectivity index (χ0v) is 14.8. The van der Waals surface area contributed by atoms with E-state index in [-0.39, 0.29) is 11.7 Å². The summed E-state index contributed by atoms with van der Waals surface area (Å²) in [6.07, 6.45) is 3.25. The molecule has 4 nitrogen and oxygen atoms in total. The second-order valence-electron chi connectivity index (χ2n) is 5.38. The summed E-state index contributed by atoms with van der Waals surface area (Å²) in [4.78, 5) is 12.4. The van der Waals surface area contributed by atoms with E-state index in [1.807, 2.05) is 0 Å². The zero-order chi connectivity index (χ0) is 15.6. The molecule has 1 saturated heterocycles. The summed E-state index contributed by atoms with van der Waals surface area (Å²) in [6.45, 7) is 0.976. The average Bonchev–Trinajstić information content (AvgIpc) is 2.37. The van der Waals surface area contributed by atoms with E-state index < -0.39 is 10.0 Å². The largest absolute Gasteiger partial charge is 0.294 e. The maximum absolute atomic E-state index is 12.4. The van der Waals surface area contributed by atoms with Crippen molar-refractivity contribution in [3.63, 3.8) is 0 Å². The van der Waals surface area contributed by atoms with Gasteiger partial charge in [-0.25, -0.2) is 12.7 Å². The number of nitrogens with zero attached hydrogens (tertiary/aromatic N) is 1. The van der Waals surface area contributed by atoms with Gasteiger partial charge in [0.2, 0.25) is 10.0 Å². The lowest BCUT2D eigenvalue weighted by Crippen LogP contribution is -2.39. The van der Waals surface area contributed by atoms with Crippen LogP contribution in [-0.4, -0.2) is 37.9 Å². The first-order valence-electron chi connectivity index (χ1n) is 6.71. The molecular weight excluding hydrogens is 378 g/mol. The SMILES string of the molecule is CS(=O)(=O)N1CCCC(CC(=O)c2ccc(Cl)cc2Br)C1. The lowest BCUT2D eigenvalue weighted by atomic mass is 9.92. The number of hydrogen-bond acceptors (Lipinski definition) is 3. The van der Waals surface area contributed by atoms with Gasteiger partial charge in [-0.15, -0.1) is 0 Å². The summed E-state index contributed by atoms with van der Waals surface area (Å²) in [6, 6.07) is 5.08. The van der Waals surface area contributed by atoms with Gasteiger partial charge in [0, 0.05) is 34.6 Å². The van der Waals surface area contributed by atoms with Crippen LogP contribution in [0.1, 0.15) is 29.6 Å². The lowest BCUT2D eigenvalue weighted by Gasteiger charge is -2.30. The molecule has 1 atom stereocenters. The quantitative estimate of drug-likeness (QED) is 0.736. The second kappa shape index (κ2) is 6.77. The molecule has 0 spiro atoms. The highest BCUT2D eigenvalue weighted by Crippen LogP contribution is 2.27. The molecule has 0 saturated carbocycles. The van der Waals surface area contributed by atoms with E-state index in [2.05, 4.69) is 15.9 Å². The summed E-state index contributed by atoms with van der Waals surface area (Å²) in [7, 11) is -3.18. The summed E-state index contributed by atoms with van der Waals surface area (Å²) in [5.41, 5.74) is 0.593. The Morgan fingerprint density at radius 1 is 1.48 bits per heavy atom. The zero-order valence-electron chi connectivity index (χ0n) is 11.7. The van der Waals surface area contributed by atoms with Crippen LogP contribution < -0.4 is 0 Å². The van der Waals surface area contributed by atoms with Crippen molar-refractivity contribution >= 4 is 43.3 Å². The number of Topliss-reactive ketones (excluding diaryl/α,β-unsaturated/α-hetero) is 1. The Morgan fingerprint density at radius 3 is 2.81 bits per heavy atom. The Hall–Kier alpha value is -0.430. The summed E-state index contributed by atoms with van der Waals surface area (Å²) in [5, 5.41) is 0.569. The molecule has 1 aliphatic heterocycles. The first-order valence-corrected chi connectivity index (χ1v) is 9.72. The Morgan fingerprint density at radius 2 is 2.19 bits per heavy atom. The third-order valence-electron chi connectivity index (χ3n) is 3.66. The van der Waals surface area contributed by atoms with Crippen molar-refractivity contribution in [3.8, 4) is 0 Å². The first kappa shape index (κ1) is 16.9. The molecule has 0 aliphatic carbocycles. The molecule has 1 aliphatic rings. The summed E-state index contributed by atoms with van der Waals surface area (Å²) < 4.78 is 25.3. The monoisotopic (exact) mass is 393 g/mol. The predicted molar refractivity (Wildman–Crippen MR) is 87.2 cm³/mol. The van der Waals surface area contributed by atoms with Crippen molar-refractivity contribution < 1.29 is 13.2 Å². The topological polar surface area (TPSA) is 54.5 Å². The molecule has 21 heavy (non-hydrogen) atoms. The van der Waals surface area contributed by atoms with Crippen molar-refractivity contribution in [2.75, 3.05) is 19.3 Å². The Labute approximate surface area is 138 Å². The number of carbonyl (C=O) groups is 1. The fourth-order valence-electron chi connectivity index (χ4n) is 2.58. The minimum Gasteiger partial charge on any atom is -0.294 e. The number of benzene rings is 1. The molecule has 116 valence electrons. The van der Waals surface area contributed by atoms with Crippen molar-refractivity contribution in [2.24, 2.45) is 5.92 Å². The molecule has 7 heteroatoms. The van der Waals surface area contributed by atoms with E-state index in [0.29, 0.717) is 34.6 Å². The normalized spacial score (nSPS) is 20.4. The molecule has 1 fully saturated rings. The van der Waals surface area contributed by atoms with E-state index in [0.717, 1.165) is 12.8 Å². The fourth-order valence-corrected chi connectivity index (χ4v) is 4.43. The standard InChI is InChI=1S/C14H17BrClNO3S/c1-21(19,20)17-6-2-3-10(9-17)7-14(18)12-5-4-11(16)8-13(12)15/h4-5,8,10H,2-3,6-7,9H2,1H3. The molecule has 0 amide bonds. The van der Waals surface area contributed by atoms with Gasteiger partial charge in [0.25, 0.3) is 0 Å².